The third-order valence-corrected chi connectivity index (χ3v) is 6.50. The van der Waals surface area contributed by atoms with Crippen LogP contribution in [0.25, 0.3) is 0 Å². The molecule has 22 heavy (non-hydrogen) atoms. The maximum Gasteiger partial charge on any atom is 0.289 e. The lowest BCUT2D eigenvalue weighted by atomic mass is 10.1. The van der Waals surface area contributed by atoms with Crippen LogP contribution >= 0.6 is 11.8 Å². The lowest BCUT2D eigenvalue weighted by molar-refractivity contribution is -0.127. The molecule has 2 aliphatic rings. The van der Waals surface area contributed by atoms with Crippen LogP contribution in [-0.2, 0) is 21.2 Å². The Bertz CT molecular complexity index is 668. The van der Waals surface area contributed by atoms with Crippen LogP contribution in [0.1, 0.15) is 5.56 Å². The van der Waals surface area contributed by atoms with Crippen LogP contribution in [0.15, 0.2) is 30.3 Å². The van der Waals surface area contributed by atoms with Gasteiger partial charge in [-0.15, -0.1) is 0 Å². The summed E-state index contributed by atoms with van der Waals surface area (Å²) in [6, 6.07) is 9.13. The van der Waals surface area contributed by atoms with Crippen LogP contribution in [0.2, 0.25) is 0 Å². The number of aryl methyl sites for hydroxylation is 1. The van der Waals surface area contributed by atoms with Crippen molar-refractivity contribution in [3.05, 3.63) is 35.9 Å². The Morgan fingerprint density at radius 3 is 2.41 bits per heavy atom. The summed E-state index contributed by atoms with van der Waals surface area (Å²) >= 11 is 0.977. The van der Waals surface area contributed by atoms with Crippen molar-refractivity contribution in [2.75, 3.05) is 24.6 Å². The van der Waals surface area contributed by atoms with E-state index >= 15 is 0 Å². The summed E-state index contributed by atoms with van der Waals surface area (Å²) in [6.07, 6.45) is 0.460. The van der Waals surface area contributed by atoms with E-state index < -0.39 is 10.0 Å². The molecule has 0 aliphatic carbocycles. The van der Waals surface area contributed by atoms with Crippen LogP contribution in [0, 0.1) is 0 Å². The molecule has 0 N–H and O–H groups in total. The van der Waals surface area contributed by atoms with Crippen molar-refractivity contribution in [2.24, 2.45) is 0 Å². The number of carbonyl (C=O) groups excluding carboxylic acids is 2. The quantitative estimate of drug-likeness (QED) is 0.797. The highest BCUT2D eigenvalue weighted by Gasteiger charge is 2.45. The van der Waals surface area contributed by atoms with Crippen LogP contribution < -0.4 is 0 Å². The van der Waals surface area contributed by atoms with Gasteiger partial charge in [-0.3, -0.25) is 14.5 Å². The number of imide groups is 1. The van der Waals surface area contributed by atoms with E-state index in [9.17, 15) is 18.0 Å². The predicted molar refractivity (Wildman–Crippen MR) is 84.0 cm³/mol. The second-order valence-electron chi connectivity index (χ2n) is 5.34. The highest BCUT2D eigenvalue weighted by molar-refractivity contribution is 8.14. The third kappa shape index (κ3) is 3.04. The molecule has 2 aliphatic heterocycles. The van der Waals surface area contributed by atoms with Crippen molar-refractivity contribution >= 4 is 32.9 Å². The maximum atomic E-state index is 12.2. The standard InChI is InChI=1S/C14H16N2O4S2/c17-13-10-21-14(18)16(13)12-8-15(9-12)22(19,20)7-6-11-4-2-1-3-5-11/h1-5,12H,6-10H2. The molecule has 0 atom stereocenters. The average molecular weight is 340 g/mol. The van der Waals surface area contributed by atoms with E-state index in [1.165, 1.54) is 9.21 Å². The molecule has 8 heteroatoms. The molecule has 0 bridgehead atoms. The molecule has 0 radical (unpaired) electrons. The van der Waals surface area contributed by atoms with Crippen LogP contribution in [0.5, 0.6) is 0 Å². The fourth-order valence-corrected chi connectivity index (χ4v) is 4.87. The van der Waals surface area contributed by atoms with Gasteiger partial charge in [0.1, 0.15) is 0 Å². The molecule has 1 aromatic carbocycles. The number of rotatable bonds is 5. The van der Waals surface area contributed by atoms with Crippen molar-refractivity contribution < 1.29 is 18.0 Å². The molecule has 0 unspecified atom stereocenters. The summed E-state index contributed by atoms with van der Waals surface area (Å²) < 4.78 is 25.8. The number of carbonyl (C=O) groups is 2. The van der Waals surface area contributed by atoms with E-state index in [1.54, 1.807) is 0 Å². The Labute approximate surface area is 133 Å². The zero-order valence-electron chi connectivity index (χ0n) is 11.8. The molecule has 1 aromatic rings. The Morgan fingerprint density at radius 1 is 1.14 bits per heavy atom. The first-order valence-electron chi connectivity index (χ1n) is 6.98. The lowest BCUT2D eigenvalue weighted by Gasteiger charge is -2.41. The molecular formula is C14H16N2O4S2. The number of thioether (sulfide) groups is 1. The minimum atomic E-state index is -3.34. The zero-order valence-corrected chi connectivity index (χ0v) is 13.5. The van der Waals surface area contributed by atoms with Gasteiger partial charge in [-0.25, -0.2) is 8.42 Å². The zero-order chi connectivity index (χ0) is 15.7. The molecule has 2 saturated heterocycles. The van der Waals surface area contributed by atoms with Gasteiger partial charge in [-0.2, -0.15) is 4.31 Å². The molecular weight excluding hydrogens is 324 g/mol. The van der Waals surface area contributed by atoms with Crippen molar-refractivity contribution in [2.45, 2.75) is 12.5 Å². The Morgan fingerprint density at radius 2 is 1.82 bits per heavy atom. The summed E-state index contributed by atoms with van der Waals surface area (Å²) in [7, 11) is -3.34. The first kappa shape index (κ1) is 15.5. The number of hydrogen-bond acceptors (Lipinski definition) is 5. The molecule has 0 aromatic heterocycles. The normalized spacial score (nSPS) is 20.5. The number of amides is 2. The van der Waals surface area contributed by atoms with Crippen molar-refractivity contribution in [3.63, 3.8) is 0 Å². The maximum absolute atomic E-state index is 12.2. The van der Waals surface area contributed by atoms with Gasteiger partial charge in [-0.1, -0.05) is 42.1 Å². The number of benzene rings is 1. The first-order valence-corrected chi connectivity index (χ1v) is 9.57. The second kappa shape index (κ2) is 6.02. The number of sulfonamides is 1. The topological polar surface area (TPSA) is 74.8 Å². The molecule has 2 fully saturated rings. The van der Waals surface area contributed by atoms with Gasteiger partial charge in [0, 0.05) is 13.1 Å². The van der Waals surface area contributed by atoms with Crippen molar-refractivity contribution in [1.82, 2.24) is 9.21 Å². The van der Waals surface area contributed by atoms with E-state index in [1.807, 2.05) is 30.3 Å². The van der Waals surface area contributed by atoms with Crippen molar-refractivity contribution in [3.8, 4) is 0 Å². The van der Waals surface area contributed by atoms with Crippen LogP contribution in [0.3, 0.4) is 0 Å². The second-order valence-corrected chi connectivity index (χ2v) is 8.36. The van der Waals surface area contributed by atoms with Gasteiger partial charge >= 0.3 is 0 Å². The smallest absolute Gasteiger partial charge is 0.273 e. The van der Waals surface area contributed by atoms with Crippen molar-refractivity contribution in [1.29, 1.82) is 0 Å². The van der Waals surface area contributed by atoms with Crippen LogP contribution in [-0.4, -0.2) is 59.4 Å². The molecule has 2 amide bonds. The molecule has 3 rings (SSSR count). The monoisotopic (exact) mass is 340 g/mol. The third-order valence-electron chi connectivity index (χ3n) is 3.86. The van der Waals surface area contributed by atoms with E-state index in [4.69, 9.17) is 0 Å². The number of nitrogens with zero attached hydrogens (tertiary/aromatic N) is 2. The van der Waals surface area contributed by atoms with Gasteiger partial charge in [-0.05, 0) is 12.0 Å². The van der Waals surface area contributed by atoms with Gasteiger partial charge < -0.3 is 0 Å². The lowest BCUT2D eigenvalue weighted by Crippen LogP contribution is -2.62. The fraction of sp³-hybridized carbons (Fsp3) is 0.429. The first-order chi connectivity index (χ1) is 10.5. The summed E-state index contributed by atoms with van der Waals surface area (Å²) in [6.45, 7) is 0.435. The molecule has 2 heterocycles. The van der Waals surface area contributed by atoms with E-state index in [0.29, 0.717) is 6.42 Å². The Hall–Kier alpha value is -1.38. The van der Waals surface area contributed by atoms with Gasteiger partial charge in [0.25, 0.3) is 5.24 Å². The van der Waals surface area contributed by atoms with Gasteiger partial charge in [0.05, 0.1) is 17.5 Å². The minimum Gasteiger partial charge on any atom is -0.273 e. The average Bonchev–Trinajstić information content (AvgIpc) is 2.77. The Kier molecular flexibility index (Phi) is 4.24. The highest BCUT2D eigenvalue weighted by Crippen LogP contribution is 2.27. The summed E-state index contributed by atoms with van der Waals surface area (Å²) in [5, 5.41) is -0.267. The summed E-state index contributed by atoms with van der Waals surface area (Å²) in [5.74, 6) is -0.0162. The number of hydrogen-bond donors (Lipinski definition) is 0. The minimum absolute atomic E-state index is 0.0420. The van der Waals surface area contributed by atoms with Gasteiger partial charge in [0.2, 0.25) is 15.9 Å². The highest BCUT2D eigenvalue weighted by atomic mass is 32.2. The van der Waals surface area contributed by atoms with Crippen LogP contribution in [0.4, 0.5) is 4.79 Å². The Balaban J connectivity index is 1.55. The van der Waals surface area contributed by atoms with E-state index in [2.05, 4.69) is 0 Å². The SMILES string of the molecule is O=C1CSC(=O)N1C1CN(S(=O)(=O)CCc2ccccc2)C1. The van der Waals surface area contributed by atoms with E-state index in [0.717, 1.165) is 17.3 Å². The fourth-order valence-electron chi connectivity index (χ4n) is 2.54. The van der Waals surface area contributed by atoms with E-state index in [-0.39, 0.29) is 41.8 Å². The predicted octanol–water partition coefficient (Wildman–Crippen LogP) is 0.938. The molecule has 0 saturated carbocycles. The largest absolute Gasteiger partial charge is 0.289 e. The molecule has 0 spiro atoms. The molecule has 6 nitrogen and oxygen atoms in total. The summed E-state index contributed by atoms with van der Waals surface area (Å²) in [4.78, 5) is 24.4. The van der Waals surface area contributed by atoms with Gasteiger partial charge in [0.15, 0.2) is 0 Å². The molecule has 118 valence electrons. The summed E-state index contributed by atoms with van der Waals surface area (Å²) in [5.41, 5.74) is 0.976.